The molecular formula is C19H25ClN2O4. The number of rotatable bonds is 7. The van der Waals surface area contributed by atoms with Crippen molar-refractivity contribution in [3.05, 3.63) is 29.3 Å². The molecule has 6 nitrogen and oxygen atoms in total. The lowest BCUT2D eigenvalue weighted by Gasteiger charge is -2.23. The SMILES string of the molecule is O=C(NCC1CCOCC1)C1CC(=O)N(CCOc2ccccc2Cl)C1. The van der Waals surface area contributed by atoms with Crippen molar-refractivity contribution in [2.24, 2.45) is 11.8 Å². The van der Waals surface area contributed by atoms with Crippen molar-refractivity contribution in [1.29, 1.82) is 0 Å². The number of carbonyl (C=O) groups is 2. The van der Waals surface area contributed by atoms with Gasteiger partial charge in [-0.15, -0.1) is 0 Å². The Labute approximate surface area is 158 Å². The molecule has 1 unspecified atom stereocenters. The lowest BCUT2D eigenvalue weighted by Crippen LogP contribution is -2.37. The van der Waals surface area contributed by atoms with Gasteiger partial charge in [-0.2, -0.15) is 0 Å². The number of benzene rings is 1. The molecule has 26 heavy (non-hydrogen) atoms. The summed E-state index contributed by atoms with van der Waals surface area (Å²) in [6.45, 7) is 3.45. The number of carbonyl (C=O) groups excluding carboxylic acids is 2. The monoisotopic (exact) mass is 380 g/mol. The molecule has 0 saturated carbocycles. The number of likely N-dealkylation sites (tertiary alicyclic amines) is 1. The first-order valence-corrected chi connectivity index (χ1v) is 9.52. The largest absolute Gasteiger partial charge is 0.490 e. The smallest absolute Gasteiger partial charge is 0.225 e. The van der Waals surface area contributed by atoms with E-state index in [9.17, 15) is 9.59 Å². The molecule has 0 spiro atoms. The number of halogens is 1. The second-order valence-electron chi connectivity index (χ2n) is 6.82. The van der Waals surface area contributed by atoms with E-state index in [0.717, 1.165) is 26.1 Å². The summed E-state index contributed by atoms with van der Waals surface area (Å²) in [5.74, 6) is 0.775. The molecule has 7 heteroatoms. The molecule has 1 aromatic rings. The molecule has 0 aromatic heterocycles. The zero-order chi connectivity index (χ0) is 18.4. The third-order valence-electron chi connectivity index (χ3n) is 4.95. The Bertz CT molecular complexity index is 634. The van der Waals surface area contributed by atoms with Crippen LogP contribution in [-0.2, 0) is 14.3 Å². The van der Waals surface area contributed by atoms with Crippen LogP contribution in [-0.4, -0.2) is 56.2 Å². The van der Waals surface area contributed by atoms with Gasteiger partial charge in [0.15, 0.2) is 0 Å². The van der Waals surface area contributed by atoms with Crippen LogP contribution in [0.3, 0.4) is 0 Å². The zero-order valence-corrected chi connectivity index (χ0v) is 15.5. The Morgan fingerprint density at radius 3 is 2.85 bits per heavy atom. The molecule has 3 rings (SSSR count). The van der Waals surface area contributed by atoms with E-state index < -0.39 is 0 Å². The lowest BCUT2D eigenvalue weighted by molar-refractivity contribution is -0.129. The van der Waals surface area contributed by atoms with Crippen molar-refractivity contribution in [3.8, 4) is 5.75 Å². The third-order valence-corrected chi connectivity index (χ3v) is 5.26. The van der Waals surface area contributed by atoms with Gasteiger partial charge in [-0.05, 0) is 30.9 Å². The van der Waals surface area contributed by atoms with Gasteiger partial charge in [-0.3, -0.25) is 9.59 Å². The first-order chi connectivity index (χ1) is 12.6. The maximum Gasteiger partial charge on any atom is 0.225 e. The molecule has 2 amide bonds. The molecule has 1 aromatic carbocycles. The summed E-state index contributed by atoms with van der Waals surface area (Å²) in [5.41, 5.74) is 0. The number of amides is 2. The van der Waals surface area contributed by atoms with E-state index in [0.29, 0.717) is 42.9 Å². The van der Waals surface area contributed by atoms with Gasteiger partial charge in [0.25, 0.3) is 0 Å². The van der Waals surface area contributed by atoms with Crippen molar-refractivity contribution < 1.29 is 19.1 Å². The molecule has 2 heterocycles. The summed E-state index contributed by atoms with van der Waals surface area (Å²) < 4.78 is 11.0. The van der Waals surface area contributed by atoms with Crippen LogP contribution in [0.15, 0.2) is 24.3 Å². The van der Waals surface area contributed by atoms with Gasteiger partial charge in [0, 0.05) is 32.7 Å². The van der Waals surface area contributed by atoms with E-state index in [4.69, 9.17) is 21.1 Å². The van der Waals surface area contributed by atoms with Gasteiger partial charge in [0.1, 0.15) is 12.4 Å². The number of para-hydroxylation sites is 1. The average Bonchev–Trinajstić information content (AvgIpc) is 3.03. The Morgan fingerprint density at radius 2 is 2.08 bits per heavy atom. The number of hydrogen-bond donors (Lipinski definition) is 1. The highest BCUT2D eigenvalue weighted by molar-refractivity contribution is 6.32. The van der Waals surface area contributed by atoms with E-state index in [2.05, 4.69) is 5.32 Å². The summed E-state index contributed by atoms with van der Waals surface area (Å²) in [6.07, 6.45) is 2.23. The maximum atomic E-state index is 12.3. The normalized spacial score (nSPS) is 21.0. The standard InChI is InChI=1S/C19H25ClN2O4/c20-16-3-1-2-4-17(16)26-10-7-22-13-15(11-18(22)23)19(24)21-12-14-5-8-25-9-6-14/h1-4,14-15H,5-13H2,(H,21,24). The van der Waals surface area contributed by atoms with Crippen molar-refractivity contribution in [1.82, 2.24) is 10.2 Å². The number of nitrogens with zero attached hydrogens (tertiary/aromatic N) is 1. The maximum absolute atomic E-state index is 12.3. The van der Waals surface area contributed by atoms with E-state index in [1.165, 1.54) is 0 Å². The van der Waals surface area contributed by atoms with Crippen molar-refractivity contribution in [3.63, 3.8) is 0 Å². The minimum absolute atomic E-state index is 0.000949. The molecule has 0 aliphatic carbocycles. The fraction of sp³-hybridized carbons (Fsp3) is 0.579. The third kappa shape index (κ3) is 5.11. The molecule has 0 bridgehead atoms. The second-order valence-corrected chi connectivity index (χ2v) is 7.23. The highest BCUT2D eigenvalue weighted by atomic mass is 35.5. The van der Waals surface area contributed by atoms with E-state index in [1.807, 2.05) is 12.1 Å². The highest BCUT2D eigenvalue weighted by Crippen LogP contribution is 2.23. The van der Waals surface area contributed by atoms with E-state index in [1.54, 1.807) is 17.0 Å². The summed E-state index contributed by atoms with van der Waals surface area (Å²) in [6, 6.07) is 7.24. The predicted octanol–water partition coefficient (Wildman–Crippen LogP) is 2.11. The van der Waals surface area contributed by atoms with Crippen LogP contribution in [0.4, 0.5) is 0 Å². The summed E-state index contributed by atoms with van der Waals surface area (Å²) in [7, 11) is 0. The molecule has 2 aliphatic rings. The number of nitrogens with one attached hydrogen (secondary N) is 1. The Morgan fingerprint density at radius 1 is 1.31 bits per heavy atom. The Hall–Kier alpha value is -1.79. The average molecular weight is 381 g/mol. The van der Waals surface area contributed by atoms with Gasteiger partial charge >= 0.3 is 0 Å². The molecule has 1 N–H and O–H groups in total. The molecule has 1 atom stereocenters. The summed E-state index contributed by atoms with van der Waals surface area (Å²) in [5, 5.41) is 3.55. The fourth-order valence-electron chi connectivity index (χ4n) is 3.33. The molecular weight excluding hydrogens is 356 g/mol. The highest BCUT2D eigenvalue weighted by Gasteiger charge is 2.34. The Kier molecular flexibility index (Phi) is 6.74. The predicted molar refractivity (Wildman–Crippen MR) is 98.2 cm³/mol. The van der Waals surface area contributed by atoms with Gasteiger partial charge in [0.05, 0.1) is 17.5 Å². The van der Waals surface area contributed by atoms with Crippen LogP contribution in [0, 0.1) is 11.8 Å². The lowest BCUT2D eigenvalue weighted by atomic mass is 10.00. The van der Waals surface area contributed by atoms with Gasteiger partial charge in [-0.1, -0.05) is 23.7 Å². The number of ether oxygens (including phenoxy) is 2. The molecule has 2 saturated heterocycles. The van der Waals surface area contributed by atoms with Crippen LogP contribution < -0.4 is 10.1 Å². The molecule has 0 radical (unpaired) electrons. The quantitative estimate of drug-likeness (QED) is 0.786. The van der Waals surface area contributed by atoms with Gasteiger partial charge < -0.3 is 19.7 Å². The molecule has 2 fully saturated rings. The summed E-state index contributed by atoms with van der Waals surface area (Å²) >= 11 is 6.05. The number of hydrogen-bond acceptors (Lipinski definition) is 4. The van der Waals surface area contributed by atoms with Crippen molar-refractivity contribution in [2.45, 2.75) is 19.3 Å². The fourth-order valence-corrected chi connectivity index (χ4v) is 3.52. The van der Waals surface area contributed by atoms with Gasteiger partial charge in [0.2, 0.25) is 11.8 Å². The first kappa shape index (κ1) is 19.0. The molecule has 142 valence electrons. The van der Waals surface area contributed by atoms with Crippen LogP contribution in [0.25, 0.3) is 0 Å². The van der Waals surface area contributed by atoms with Gasteiger partial charge in [-0.25, -0.2) is 0 Å². The summed E-state index contributed by atoms with van der Waals surface area (Å²) in [4.78, 5) is 26.2. The van der Waals surface area contributed by atoms with Crippen LogP contribution in [0.5, 0.6) is 5.75 Å². The zero-order valence-electron chi connectivity index (χ0n) is 14.8. The molecule has 2 aliphatic heterocycles. The Balaban J connectivity index is 1.40. The first-order valence-electron chi connectivity index (χ1n) is 9.14. The minimum Gasteiger partial charge on any atom is -0.490 e. The van der Waals surface area contributed by atoms with Crippen molar-refractivity contribution in [2.75, 3.05) is 39.5 Å². The van der Waals surface area contributed by atoms with E-state index >= 15 is 0 Å². The van der Waals surface area contributed by atoms with Crippen LogP contribution in [0.1, 0.15) is 19.3 Å². The van der Waals surface area contributed by atoms with Crippen LogP contribution >= 0.6 is 11.6 Å². The van der Waals surface area contributed by atoms with Crippen LogP contribution in [0.2, 0.25) is 5.02 Å². The van der Waals surface area contributed by atoms with E-state index in [-0.39, 0.29) is 24.2 Å². The van der Waals surface area contributed by atoms with Crippen molar-refractivity contribution >= 4 is 23.4 Å². The topological polar surface area (TPSA) is 67.9 Å². The second kappa shape index (κ2) is 9.24. The minimum atomic E-state index is -0.275.